The molecule has 0 saturated heterocycles. The molecule has 5 atom stereocenters. The molecule has 5 rings (SSSR count). The van der Waals surface area contributed by atoms with E-state index in [-0.39, 0.29) is 11.7 Å². The third-order valence-electron chi connectivity index (χ3n) is 12.3. The Morgan fingerprint density at radius 3 is 1.94 bits per heavy atom. The average molecular weight is 878 g/mol. The number of hydrogen-bond acceptors (Lipinski definition) is 8. The topological polar surface area (TPSA) is 111 Å². The molecule has 5 aromatic rings. The molecule has 0 aliphatic rings. The summed E-state index contributed by atoms with van der Waals surface area (Å²) in [4.78, 5) is 19.1. The van der Waals surface area contributed by atoms with E-state index in [0.717, 1.165) is 39.3 Å². The fraction of sp³-hybridized carbons (Fsp3) is 0.360. The number of anilines is 1. The molecular formula is C50H64FN3O6Si2. The monoisotopic (exact) mass is 877 g/mol. The Kier molecular flexibility index (Phi) is 17.6. The Hall–Kier alpha value is -5.12. The van der Waals surface area contributed by atoms with Crippen molar-refractivity contribution < 1.29 is 32.6 Å². The molecule has 0 radical (unpaired) electrons. The van der Waals surface area contributed by atoms with Crippen LogP contribution >= 0.6 is 0 Å². The number of ether oxygens (including phenoxy) is 2. The van der Waals surface area contributed by atoms with Crippen molar-refractivity contribution >= 4 is 37.3 Å². The lowest BCUT2D eigenvalue weighted by molar-refractivity contribution is -0.143. The molecule has 0 saturated carbocycles. The van der Waals surface area contributed by atoms with Gasteiger partial charge in [0.05, 0.1) is 38.8 Å². The van der Waals surface area contributed by atoms with Crippen LogP contribution in [0.1, 0.15) is 73.6 Å². The second-order valence-corrected chi connectivity index (χ2v) is 18.0. The number of carbonyl (C=O) groups is 1. The maximum atomic E-state index is 14.8. The lowest BCUT2D eigenvalue weighted by Gasteiger charge is -2.55. The fourth-order valence-electron chi connectivity index (χ4n) is 8.93. The molecule has 330 valence electrons. The van der Waals surface area contributed by atoms with E-state index in [1.54, 1.807) is 21.3 Å². The minimum atomic E-state index is -0.950. The minimum Gasteiger partial charge on any atom is -0.497 e. The van der Waals surface area contributed by atoms with Gasteiger partial charge in [-0.25, -0.2) is 4.39 Å². The molecule has 0 spiro atoms. The predicted octanol–water partition coefficient (Wildman–Crippen LogP) is 8.71. The van der Waals surface area contributed by atoms with Gasteiger partial charge < -0.3 is 34.1 Å². The minimum absolute atomic E-state index is 0.143. The number of nitrogens with zero attached hydrogens (tertiary/aromatic N) is 1. The van der Waals surface area contributed by atoms with Crippen molar-refractivity contribution in [2.24, 2.45) is 22.2 Å². The predicted molar refractivity (Wildman–Crippen MR) is 254 cm³/mol. The van der Waals surface area contributed by atoms with Crippen LogP contribution in [0.15, 0.2) is 132 Å². The lowest BCUT2D eigenvalue weighted by atomic mass is 9.51. The van der Waals surface area contributed by atoms with E-state index < -0.39 is 60.6 Å². The van der Waals surface area contributed by atoms with Crippen LogP contribution in [0.2, 0.25) is 13.1 Å². The van der Waals surface area contributed by atoms with Gasteiger partial charge in [0.1, 0.15) is 23.6 Å². The molecular weight excluding hydrogens is 814 g/mol. The summed E-state index contributed by atoms with van der Waals surface area (Å²) >= 11 is 0. The van der Waals surface area contributed by atoms with Gasteiger partial charge in [-0.05, 0) is 107 Å². The molecule has 1 amide bonds. The summed E-state index contributed by atoms with van der Waals surface area (Å²) in [5.74, 6) is -0.0613. The van der Waals surface area contributed by atoms with Gasteiger partial charge in [0.25, 0.3) is 0 Å². The maximum absolute atomic E-state index is 14.8. The number of benzene rings is 5. The van der Waals surface area contributed by atoms with Crippen LogP contribution in [0.3, 0.4) is 0 Å². The van der Waals surface area contributed by atoms with Crippen LogP contribution in [0, 0.1) is 23.1 Å². The SMILES string of the molecule is CNC(=O)C(CCC(c1ccc(F)cc1)([C@H](C)[C@H](O)c1ccccc1)C(C)(C)C(O[SiH2]C)O[SiH2]C)[C@H](Nc1ccc(CN=Cc2ccc(OC)cc2)cc1)c1ccc(OC)cc1. The Balaban J connectivity index is 1.58. The first kappa shape index (κ1) is 47.9. The number of aliphatic hydroxyl groups is 1. The summed E-state index contributed by atoms with van der Waals surface area (Å²) in [5, 5.41) is 19.1. The summed E-state index contributed by atoms with van der Waals surface area (Å²) in [7, 11) is 3.04. The molecule has 9 nitrogen and oxygen atoms in total. The zero-order valence-electron chi connectivity index (χ0n) is 37.4. The van der Waals surface area contributed by atoms with Gasteiger partial charge in [0.2, 0.25) is 5.91 Å². The average Bonchev–Trinajstić information content (AvgIpc) is 3.30. The zero-order valence-corrected chi connectivity index (χ0v) is 40.3. The number of carbonyl (C=O) groups excluding carboxylic acids is 1. The van der Waals surface area contributed by atoms with Crippen molar-refractivity contribution in [1.29, 1.82) is 0 Å². The third-order valence-corrected chi connectivity index (χ3v) is 13.6. The summed E-state index contributed by atoms with van der Waals surface area (Å²) in [5.41, 5.74) is 3.69. The van der Waals surface area contributed by atoms with E-state index in [1.807, 2.05) is 121 Å². The number of halogens is 1. The summed E-state index contributed by atoms with van der Waals surface area (Å²) < 4.78 is 38.8. The number of aliphatic hydroxyl groups excluding tert-OH is 1. The first-order chi connectivity index (χ1) is 29.9. The standard InChI is InChI=1S/C50H64FN3O6Si2/c1-34(46(55)38-12-10-9-11-13-38)50(39-20-22-40(51)23-21-39,49(2,3)48(59-61-7)60-62-8)31-30-44(47(56)52-4)45(37-18-28-43(58-6)29-19-37)54-41-24-14-35(15-25-41)32-53-33-36-16-26-42(57-5)27-17-36/h9-29,33-34,44-46,48,54-55H,30-32,61-62H2,1-8H3,(H,52,56)/t34-,44?,45-,46+,50?/m1/s1. The van der Waals surface area contributed by atoms with Gasteiger partial charge in [-0.3, -0.25) is 9.79 Å². The van der Waals surface area contributed by atoms with E-state index in [0.29, 0.717) is 25.1 Å². The van der Waals surface area contributed by atoms with Crippen molar-refractivity contribution in [1.82, 2.24) is 5.32 Å². The zero-order chi connectivity index (χ0) is 44.7. The van der Waals surface area contributed by atoms with Crippen LogP contribution < -0.4 is 20.1 Å². The Labute approximate surface area is 372 Å². The largest absolute Gasteiger partial charge is 0.497 e. The first-order valence-electron chi connectivity index (χ1n) is 21.5. The van der Waals surface area contributed by atoms with Gasteiger partial charge in [-0.2, -0.15) is 0 Å². The molecule has 0 aliphatic carbocycles. The van der Waals surface area contributed by atoms with Crippen molar-refractivity contribution in [3.8, 4) is 11.5 Å². The van der Waals surface area contributed by atoms with Gasteiger partial charge in [0, 0.05) is 29.8 Å². The maximum Gasteiger partial charge on any atom is 0.225 e. The summed E-state index contributed by atoms with van der Waals surface area (Å²) in [6.45, 7) is 11.0. The second-order valence-electron chi connectivity index (χ2n) is 16.2. The van der Waals surface area contributed by atoms with Crippen molar-refractivity contribution in [3.63, 3.8) is 0 Å². The Morgan fingerprint density at radius 2 is 1.39 bits per heavy atom. The molecule has 12 heteroatoms. The van der Waals surface area contributed by atoms with E-state index in [4.69, 9.17) is 18.3 Å². The number of amides is 1. The van der Waals surface area contributed by atoms with Crippen LogP contribution in [0.25, 0.3) is 0 Å². The van der Waals surface area contributed by atoms with Crippen LogP contribution in [-0.2, 0) is 25.6 Å². The highest BCUT2D eigenvalue weighted by atomic mass is 28.2. The Bertz CT molecular complexity index is 2140. The van der Waals surface area contributed by atoms with Crippen LogP contribution in [-0.4, -0.2) is 64.3 Å². The van der Waals surface area contributed by atoms with Crippen molar-refractivity contribution in [3.05, 3.63) is 161 Å². The molecule has 0 heterocycles. The number of rotatable bonds is 23. The van der Waals surface area contributed by atoms with Gasteiger partial charge >= 0.3 is 0 Å². The van der Waals surface area contributed by atoms with E-state index in [9.17, 15) is 14.3 Å². The van der Waals surface area contributed by atoms with Gasteiger partial charge in [-0.1, -0.05) is 101 Å². The second kappa shape index (κ2) is 22.8. The first-order valence-corrected chi connectivity index (χ1v) is 25.5. The summed E-state index contributed by atoms with van der Waals surface area (Å²) in [6, 6.07) is 39.4. The third kappa shape index (κ3) is 11.5. The molecule has 5 aromatic carbocycles. The van der Waals surface area contributed by atoms with Crippen LogP contribution in [0.5, 0.6) is 11.5 Å². The van der Waals surface area contributed by atoms with E-state index >= 15 is 0 Å². The molecule has 3 N–H and O–H groups in total. The highest BCUT2D eigenvalue weighted by molar-refractivity contribution is 6.26. The lowest BCUT2D eigenvalue weighted by Crippen LogP contribution is -2.56. The molecule has 62 heavy (non-hydrogen) atoms. The molecule has 0 bridgehead atoms. The molecule has 0 fully saturated rings. The number of methoxy groups -OCH3 is 2. The fourth-order valence-corrected chi connectivity index (χ4v) is 10.8. The number of nitrogens with one attached hydrogen (secondary N) is 2. The molecule has 0 aromatic heterocycles. The van der Waals surface area contributed by atoms with Crippen molar-refractivity contribution in [2.75, 3.05) is 26.6 Å². The number of aliphatic imine (C=N–C) groups is 1. The van der Waals surface area contributed by atoms with E-state index in [1.165, 1.54) is 12.1 Å². The molecule has 2 unspecified atom stereocenters. The van der Waals surface area contributed by atoms with Crippen molar-refractivity contribution in [2.45, 2.75) is 77.1 Å². The van der Waals surface area contributed by atoms with Gasteiger partial charge in [0.15, 0.2) is 19.5 Å². The van der Waals surface area contributed by atoms with Gasteiger partial charge in [-0.15, -0.1) is 0 Å². The van der Waals surface area contributed by atoms with Crippen LogP contribution in [0.4, 0.5) is 10.1 Å². The summed E-state index contributed by atoms with van der Waals surface area (Å²) in [6.07, 6.45) is 1.16. The van der Waals surface area contributed by atoms with E-state index in [2.05, 4.69) is 49.5 Å². The highest BCUT2D eigenvalue weighted by Gasteiger charge is 2.56. The highest BCUT2D eigenvalue weighted by Crippen LogP contribution is 2.57. The number of hydrogen-bond donors (Lipinski definition) is 3. The normalized spacial score (nSPS) is 15.6. The smallest absolute Gasteiger partial charge is 0.225 e. The Morgan fingerprint density at radius 1 is 0.806 bits per heavy atom. The quantitative estimate of drug-likeness (QED) is 0.0342. The molecule has 0 aliphatic heterocycles.